The molecule has 0 atom stereocenters. The summed E-state index contributed by atoms with van der Waals surface area (Å²) in [6.45, 7) is 3.97. The van der Waals surface area contributed by atoms with Crippen LogP contribution in [0.5, 0.6) is 0 Å². The number of aryl methyl sites for hydroxylation is 1. The van der Waals surface area contributed by atoms with Gasteiger partial charge in [-0.2, -0.15) is 0 Å². The third-order valence-electron chi connectivity index (χ3n) is 4.01. The Labute approximate surface area is 157 Å². The van der Waals surface area contributed by atoms with Crippen molar-refractivity contribution >= 4 is 23.3 Å². The van der Waals surface area contributed by atoms with Gasteiger partial charge in [0.15, 0.2) is 5.78 Å². The van der Waals surface area contributed by atoms with Crippen molar-refractivity contribution in [1.29, 1.82) is 0 Å². The van der Waals surface area contributed by atoms with Gasteiger partial charge in [-0.25, -0.2) is 9.97 Å². The topological polar surface area (TPSA) is 84.0 Å². The SMILES string of the molecule is CC(=O)c1cccc(Nc2ncc(C(=O)NCc3ccc(C)cc3)cn2)c1. The van der Waals surface area contributed by atoms with E-state index in [0.29, 0.717) is 29.3 Å². The van der Waals surface area contributed by atoms with Gasteiger partial charge in [-0.15, -0.1) is 0 Å². The first-order valence-electron chi connectivity index (χ1n) is 8.55. The molecule has 1 amide bonds. The van der Waals surface area contributed by atoms with Crippen molar-refractivity contribution in [2.45, 2.75) is 20.4 Å². The van der Waals surface area contributed by atoms with Crippen LogP contribution >= 0.6 is 0 Å². The Bertz CT molecular complexity index is 951. The molecule has 3 rings (SSSR count). The number of aromatic nitrogens is 2. The quantitative estimate of drug-likeness (QED) is 0.656. The van der Waals surface area contributed by atoms with E-state index in [2.05, 4.69) is 20.6 Å². The number of nitrogens with zero attached hydrogens (tertiary/aromatic N) is 2. The molecule has 3 aromatic rings. The molecule has 0 radical (unpaired) electrons. The second-order valence-electron chi connectivity index (χ2n) is 6.23. The highest BCUT2D eigenvalue weighted by atomic mass is 16.1. The Kier molecular flexibility index (Phi) is 5.56. The summed E-state index contributed by atoms with van der Waals surface area (Å²) in [5.74, 6) is 0.103. The molecule has 0 fully saturated rings. The van der Waals surface area contributed by atoms with Gasteiger partial charge in [-0.05, 0) is 31.5 Å². The van der Waals surface area contributed by atoms with Crippen molar-refractivity contribution in [2.24, 2.45) is 0 Å². The summed E-state index contributed by atoms with van der Waals surface area (Å²) in [5, 5.41) is 5.87. The van der Waals surface area contributed by atoms with E-state index in [-0.39, 0.29) is 11.7 Å². The second kappa shape index (κ2) is 8.23. The van der Waals surface area contributed by atoms with Crippen LogP contribution in [0.25, 0.3) is 0 Å². The van der Waals surface area contributed by atoms with Crippen molar-refractivity contribution in [3.05, 3.63) is 83.2 Å². The zero-order chi connectivity index (χ0) is 19.2. The molecular formula is C21H20N4O2. The molecule has 0 saturated heterocycles. The summed E-state index contributed by atoms with van der Waals surface area (Å²) in [4.78, 5) is 32.0. The highest BCUT2D eigenvalue weighted by Crippen LogP contribution is 2.15. The average Bonchev–Trinajstić information content (AvgIpc) is 2.68. The number of ketones is 1. The lowest BCUT2D eigenvalue weighted by Crippen LogP contribution is -2.23. The van der Waals surface area contributed by atoms with Crippen LogP contribution in [0.4, 0.5) is 11.6 Å². The molecule has 0 aliphatic heterocycles. The fourth-order valence-corrected chi connectivity index (χ4v) is 2.45. The molecule has 1 heterocycles. The zero-order valence-corrected chi connectivity index (χ0v) is 15.2. The van der Waals surface area contributed by atoms with Crippen LogP contribution in [0, 0.1) is 6.92 Å². The van der Waals surface area contributed by atoms with Gasteiger partial charge in [0.25, 0.3) is 5.91 Å². The maximum Gasteiger partial charge on any atom is 0.254 e. The minimum atomic E-state index is -0.235. The number of hydrogen-bond donors (Lipinski definition) is 2. The maximum absolute atomic E-state index is 12.2. The number of carbonyl (C=O) groups excluding carboxylic acids is 2. The molecular weight excluding hydrogens is 340 g/mol. The number of rotatable bonds is 6. The molecule has 136 valence electrons. The molecule has 0 aliphatic carbocycles. The van der Waals surface area contributed by atoms with Crippen LogP contribution in [0.15, 0.2) is 60.9 Å². The third kappa shape index (κ3) is 4.98. The molecule has 0 spiro atoms. The lowest BCUT2D eigenvalue weighted by Gasteiger charge is -2.08. The van der Waals surface area contributed by atoms with Crippen LogP contribution < -0.4 is 10.6 Å². The smallest absolute Gasteiger partial charge is 0.254 e. The number of anilines is 2. The second-order valence-corrected chi connectivity index (χ2v) is 6.23. The van der Waals surface area contributed by atoms with Crippen LogP contribution in [-0.2, 0) is 6.54 Å². The number of carbonyl (C=O) groups is 2. The van der Waals surface area contributed by atoms with Gasteiger partial charge in [0.1, 0.15) is 0 Å². The summed E-state index contributed by atoms with van der Waals surface area (Å²) in [6, 6.07) is 15.1. The highest BCUT2D eigenvalue weighted by molar-refractivity contribution is 5.95. The van der Waals surface area contributed by atoms with Gasteiger partial charge in [-0.1, -0.05) is 42.0 Å². The predicted octanol–water partition coefficient (Wildman–Crippen LogP) is 3.66. The molecule has 6 nitrogen and oxygen atoms in total. The summed E-state index contributed by atoms with van der Waals surface area (Å²) >= 11 is 0. The Morgan fingerprint density at radius 2 is 1.67 bits per heavy atom. The fraction of sp³-hybridized carbons (Fsp3) is 0.143. The molecule has 0 bridgehead atoms. The van der Waals surface area contributed by atoms with E-state index >= 15 is 0 Å². The van der Waals surface area contributed by atoms with Crippen LogP contribution in [0.3, 0.4) is 0 Å². The molecule has 0 saturated carbocycles. The van der Waals surface area contributed by atoms with Crippen molar-refractivity contribution in [1.82, 2.24) is 15.3 Å². The molecule has 0 unspecified atom stereocenters. The van der Waals surface area contributed by atoms with E-state index in [4.69, 9.17) is 0 Å². The maximum atomic E-state index is 12.2. The number of nitrogens with one attached hydrogen (secondary N) is 2. The lowest BCUT2D eigenvalue weighted by molar-refractivity contribution is 0.0949. The summed E-state index contributed by atoms with van der Waals surface area (Å²) < 4.78 is 0. The Balaban J connectivity index is 1.61. The van der Waals surface area contributed by atoms with Crippen molar-refractivity contribution < 1.29 is 9.59 Å². The van der Waals surface area contributed by atoms with Crippen molar-refractivity contribution in [3.8, 4) is 0 Å². The van der Waals surface area contributed by atoms with Crippen LogP contribution in [-0.4, -0.2) is 21.7 Å². The summed E-state index contributed by atoms with van der Waals surface area (Å²) in [7, 11) is 0. The zero-order valence-electron chi connectivity index (χ0n) is 15.2. The third-order valence-corrected chi connectivity index (χ3v) is 4.01. The van der Waals surface area contributed by atoms with Crippen molar-refractivity contribution in [2.75, 3.05) is 5.32 Å². The summed E-state index contributed by atoms with van der Waals surface area (Å²) in [5.41, 5.74) is 3.89. The first kappa shape index (κ1) is 18.3. The highest BCUT2D eigenvalue weighted by Gasteiger charge is 2.08. The minimum Gasteiger partial charge on any atom is -0.348 e. The van der Waals surface area contributed by atoms with Gasteiger partial charge in [-0.3, -0.25) is 9.59 Å². The Morgan fingerprint density at radius 3 is 2.33 bits per heavy atom. The molecule has 1 aromatic heterocycles. The van der Waals surface area contributed by atoms with Gasteiger partial charge in [0, 0.05) is 30.2 Å². The number of hydrogen-bond acceptors (Lipinski definition) is 5. The van der Waals surface area contributed by atoms with Crippen LogP contribution in [0.1, 0.15) is 38.8 Å². The molecule has 6 heteroatoms. The van der Waals surface area contributed by atoms with E-state index in [1.807, 2.05) is 37.3 Å². The van der Waals surface area contributed by atoms with E-state index in [1.54, 1.807) is 18.2 Å². The number of Topliss-reactive ketones (excluding diaryl/α,β-unsaturated/α-hetero) is 1. The van der Waals surface area contributed by atoms with E-state index < -0.39 is 0 Å². The first-order chi connectivity index (χ1) is 13.0. The molecule has 2 N–H and O–H groups in total. The van der Waals surface area contributed by atoms with E-state index in [9.17, 15) is 9.59 Å². The van der Waals surface area contributed by atoms with Gasteiger partial charge in [0.2, 0.25) is 5.95 Å². The van der Waals surface area contributed by atoms with Crippen molar-refractivity contribution in [3.63, 3.8) is 0 Å². The average molecular weight is 360 g/mol. The Hall–Kier alpha value is -3.54. The monoisotopic (exact) mass is 360 g/mol. The lowest BCUT2D eigenvalue weighted by atomic mass is 10.1. The summed E-state index contributed by atoms with van der Waals surface area (Å²) in [6.07, 6.45) is 2.93. The van der Waals surface area contributed by atoms with Gasteiger partial charge >= 0.3 is 0 Å². The Morgan fingerprint density at radius 1 is 0.963 bits per heavy atom. The first-order valence-corrected chi connectivity index (χ1v) is 8.55. The van der Waals surface area contributed by atoms with E-state index in [0.717, 1.165) is 5.56 Å². The van der Waals surface area contributed by atoms with E-state index in [1.165, 1.54) is 24.9 Å². The molecule has 27 heavy (non-hydrogen) atoms. The molecule has 0 aliphatic rings. The van der Waals surface area contributed by atoms with Crippen LogP contribution in [0.2, 0.25) is 0 Å². The fourth-order valence-electron chi connectivity index (χ4n) is 2.45. The van der Waals surface area contributed by atoms with Gasteiger partial charge in [0.05, 0.1) is 5.56 Å². The predicted molar refractivity (Wildman–Crippen MR) is 104 cm³/mol. The number of amides is 1. The standard InChI is InChI=1S/C21H20N4O2/c1-14-6-8-16(9-7-14)11-22-20(27)18-12-23-21(24-13-18)25-19-5-3-4-17(10-19)15(2)26/h3-10,12-13H,11H2,1-2H3,(H,22,27)(H,23,24,25). The minimum absolute atomic E-state index is 0.0137. The number of benzene rings is 2. The van der Waals surface area contributed by atoms with Gasteiger partial charge < -0.3 is 10.6 Å². The largest absolute Gasteiger partial charge is 0.348 e. The molecule has 2 aromatic carbocycles. The normalized spacial score (nSPS) is 10.3.